The van der Waals surface area contributed by atoms with E-state index in [1.807, 2.05) is 6.26 Å². The van der Waals surface area contributed by atoms with Crippen molar-refractivity contribution in [1.82, 2.24) is 4.72 Å². The van der Waals surface area contributed by atoms with Gasteiger partial charge in [0, 0.05) is 12.3 Å². The molecule has 0 bridgehead atoms. The normalized spacial score (nSPS) is 17.3. The molecule has 4 nitrogen and oxygen atoms in total. The Morgan fingerprint density at radius 3 is 2.42 bits per heavy atom. The second-order valence-electron chi connectivity index (χ2n) is 3.02. The molecule has 0 rings (SSSR count). The zero-order valence-corrected chi connectivity index (χ0v) is 9.13. The van der Waals surface area contributed by atoms with Crippen molar-refractivity contribution >= 4 is 21.8 Å². The number of rotatable bonds is 5. The van der Waals surface area contributed by atoms with E-state index in [0.717, 1.165) is 6.26 Å². The molecule has 6 heteroatoms. The molecule has 0 aromatic rings. The van der Waals surface area contributed by atoms with Gasteiger partial charge in [-0.2, -0.15) is 11.8 Å². The molecular weight excluding hydrogens is 198 g/mol. The molecule has 0 heterocycles. The molecule has 0 radical (unpaired) electrons. The molecule has 0 aliphatic rings. The Hall–Kier alpha value is 0.220. The smallest absolute Gasteiger partial charge is 0.208 e. The molecule has 0 aliphatic carbocycles. The molecule has 0 fully saturated rings. The fourth-order valence-corrected chi connectivity index (χ4v) is 1.95. The topological polar surface area (TPSA) is 66.4 Å². The summed E-state index contributed by atoms with van der Waals surface area (Å²) in [5.74, 6) is 0.509. The van der Waals surface area contributed by atoms with Gasteiger partial charge in [-0.3, -0.25) is 0 Å². The first-order chi connectivity index (χ1) is 5.27. The number of thioether (sulfide) groups is 1. The van der Waals surface area contributed by atoms with Crippen LogP contribution in [0, 0.1) is 0 Å². The van der Waals surface area contributed by atoms with E-state index in [9.17, 15) is 13.5 Å². The minimum Gasteiger partial charge on any atom is -0.388 e. The van der Waals surface area contributed by atoms with E-state index >= 15 is 0 Å². The quantitative estimate of drug-likeness (QED) is 0.655. The highest BCUT2D eigenvalue weighted by molar-refractivity contribution is 7.98. The lowest BCUT2D eigenvalue weighted by Gasteiger charge is -2.21. The van der Waals surface area contributed by atoms with Crippen LogP contribution in [0.2, 0.25) is 0 Å². The van der Waals surface area contributed by atoms with Gasteiger partial charge in [0.2, 0.25) is 10.0 Å². The van der Waals surface area contributed by atoms with E-state index in [0.29, 0.717) is 5.75 Å². The van der Waals surface area contributed by atoms with E-state index in [1.54, 1.807) is 6.92 Å². The van der Waals surface area contributed by atoms with Crippen LogP contribution in [-0.2, 0) is 10.0 Å². The third kappa shape index (κ3) is 6.90. The Balaban J connectivity index is 3.92. The monoisotopic (exact) mass is 213 g/mol. The third-order valence-electron chi connectivity index (χ3n) is 1.17. The molecule has 1 unspecified atom stereocenters. The van der Waals surface area contributed by atoms with Crippen LogP contribution in [0.25, 0.3) is 0 Å². The van der Waals surface area contributed by atoms with E-state index < -0.39 is 15.6 Å². The van der Waals surface area contributed by atoms with Gasteiger partial charge in [0.15, 0.2) is 0 Å². The van der Waals surface area contributed by atoms with E-state index in [-0.39, 0.29) is 6.54 Å². The number of sulfonamides is 1. The maximum atomic E-state index is 10.7. The molecule has 1 atom stereocenters. The van der Waals surface area contributed by atoms with Crippen molar-refractivity contribution in [2.45, 2.75) is 12.5 Å². The van der Waals surface area contributed by atoms with Gasteiger partial charge in [0.1, 0.15) is 0 Å². The predicted octanol–water partition coefficient (Wildman–Crippen LogP) is -0.350. The Morgan fingerprint density at radius 1 is 1.58 bits per heavy atom. The lowest BCUT2D eigenvalue weighted by atomic mass is 10.1. The van der Waals surface area contributed by atoms with Gasteiger partial charge in [-0.1, -0.05) is 0 Å². The minimum absolute atomic E-state index is 0.0622. The lowest BCUT2D eigenvalue weighted by molar-refractivity contribution is 0.0909. The highest BCUT2D eigenvalue weighted by Crippen LogP contribution is 2.08. The summed E-state index contributed by atoms with van der Waals surface area (Å²) in [4.78, 5) is 0. The third-order valence-corrected chi connectivity index (χ3v) is 2.75. The molecule has 0 saturated heterocycles. The Bertz CT molecular complexity index is 223. The van der Waals surface area contributed by atoms with Crippen LogP contribution >= 0.6 is 11.8 Å². The lowest BCUT2D eigenvalue weighted by Crippen LogP contribution is -2.42. The van der Waals surface area contributed by atoms with Crippen molar-refractivity contribution in [3.63, 3.8) is 0 Å². The summed E-state index contributed by atoms with van der Waals surface area (Å²) in [5, 5.41) is 9.53. The van der Waals surface area contributed by atoms with Gasteiger partial charge in [0.05, 0.1) is 11.9 Å². The van der Waals surface area contributed by atoms with Crippen molar-refractivity contribution in [1.29, 1.82) is 0 Å². The summed E-state index contributed by atoms with van der Waals surface area (Å²) in [6.45, 7) is 1.66. The second kappa shape index (κ2) is 4.45. The number of aliphatic hydroxyl groups is 1. The highest BCUT2D eigenvalue weighted by atomic mass is 32.2. The maximum absolute atomic E-state index is 10.7. The summed E-state index contributed by atoms with van der Waals surface area (Å²) < 4.78 is 23.6. The van der Waals surface area contributed by atoms with Crippen LogP contribution in [0.1, 0.15) is 6.92 Å². The fraction of sp³-hybridized carbons (Fsp3) is 1.00. The van der Waals surface area contributed by atoms with Gasteiger partial charge in [-0.15, -0.1) is 0 Å². The molecule has 2 N–H and O–H groups in total. The van der Waals surface area contributed by atoms with E-state index in [2.05, 4.69) is 4.72 Å². The Labute approximate surface area is 77.8 Å². The summed E-state index contributed by atoms with van der Waals surface area (Å²) in [6, 6.07) is 0. The molecule has 0 amide bonds. The summed E-state index contributed by atoms with van der Waals surface area (Å²) >= 11 is 1.47. The zero-order valence-electron chi connectivity index (χ0n) is 7.49. The summed E-state index contributed by atoms with van der Waals surface area (Å²) in [6.07, 6.45) is 2.93. The average Bonchev–Trinajstić information content (AvgIpc) is 1.83. The molecule has 0 aliphatic heterocycles. The van der Waals surface area contributed by atoms with Crippen LogP contribution in [0.5, 0.6) is 0 Å². The number of hydrogen-bond acceptors (Lipinski definition) is 4. The Morgan fingerprint density at radius 2 is 2.08 bits per heavy atom. The van der Waals surface area contributed by atoms with Crippen LogP contribution in [0.3, 0.4) is 0 Å². The van der Waals surface area contributed by atoms with Crippen molar-refractivity contribution in [3.8, 4) is 0 Å². The summed E-state index contributed by atoms with van der Waals surface area (Å²) in [5.41, 5.74) is -0.970. The number of nitrogens with one attached hydrogen (secondary N) is 1. The zero-order chi connectivity index (χ0) is 9.83. The number of hydrogen-bond donors (Lipinski definition) is 2. The van der Waals surface area contributed by atoms with E-state index in [1.165, 1.54) is 11.8 Å². The van der Waals surface area contributed by atoms with Crippen LogP contribution in [-0.4, -0.2) is 43.9 Å². The molecule has 0 aromatic heterocycles. The highest BCUT2D eigenvalue weighted by Gasteiger charge is 2.20. The first-order valence-corrected chi connectivity index (χ1v) is 6.71. The van der Waals surface area contributed by atoms with Crippen LogP contribution in [0.15, 0.2) is 0 Å². The minimum atomic E-state index is -3.19. The first-order valence-electron chi connectivity index (χ1n) is 3.43. The van der Waals surface area contributed by atoms with Gasteiger partial charge < -0.3 is 5.11 Å². The molecule has 74 valence electrons. The van der Waals surface area contributed by atoms with Crippen LogP contribution < -0.4 is 4.72 Å². The molecular formula is C6H15NO3S2. The van der Waals surface area contributed by atoms with Crippen molar-refractivity contribution in [2.75, 3.05) is 24.8 Å². The van der Waals surface area contributed by atoms with Gasteiger partial charge in [0.25, 0.3) is 0 Å². The van der Waals surface area contributed by atoms with E-state index in [4.69, 9.17) is 0 Å². The average molecular weight is 213 g/mol. The van der Waals surface area contributed by atoms with Crippen molar-refractivity contribution in [2.24, 2.45) is 0 Å². The molecule has 0 aromatic carbocycles. The maximum Gasteiger partial charge on any atom is 0.208 e. The van der Waals surface area contributed by atoms with Gasteiger partial charge >= 0.3 is 0 Å². The van der Waals surface area contributed by atoms with Crippen molar-refractivity contribution in [3.05, 3.63) is 0 Å². The second-order valence-corrected chi connectivity index (χ2v) is 5.72. The van der Waals surface area contributed by atoms with Gasteiger partial charge in [-0.25, -0.2) is 13.1 Å². The SMILES string of the molecule is CSCC(C)(O)CNS(C)(=O)=O. The van der Waals surface area contributed by atoms with Gasteiger partial charge in [-0.05, 0) is 13.2 Å². The molecule has 12 heavy (non-hydrogen) atoms. The standard InChI is InChI=1S/C6H15NO3S2/c1-6(8,5-11-2)4-7-12(3,9)10/h7-8H,4-5H2,1-3H3. The molecule has 0 saturated carbocycles. The Kier molecular flexibility index (Phi) is 4.54. The van der Waals surface area contributed by atoms with Crippen LogP contribution in [0.4, 0.5) is 0 Å². The van der Waals surface area contributed by atoms with Crippen molar-refractivity contribution < 1.29 is 13.5 Å². The largest absolute Gasteiger partial charge is 0.388 e. The first kappa shape index (κ1) is 12.2. The summed E-state index contributed by atoms with van der Waals surface area (Å²) in [7, 11) is -3.19. The fourth-order valence-electron chi connectivity index (χ4n) is 0.649. The molecule has 0 spiro atoms. The predicted molar refractivity (Wildman–Crippen MR) is 51.9 cm³/mol.